The highest BCUT2D eigenvalue weighted by molar-refractivity contribution is 5.42. The van der Waals surface area contributed by atoms with Crippen LogP contribution in [-0.2, 0) is 0 Å². The highest BCUT2D eigenvalue weighted by Gasteiger charge is 1.98. The number of hydrogen-bond donors (Lipinski definition) is 0. The van der Waals surface area contributed by atoms with Gasteiger partial charge in [0.25, 0.3) is 0 Å². The molecule has 0 aromatic rings. The zero-order valence-corrected chi connectivity index (χ0v) is 6.62. The van der Waals surface area contributed by atoms with Crippen molar-refractivity contribution in [1.82, 2.24) is 0 Å². The molecule has 0 radical (unpaired) electrons. The Morgan fingerprint density at radius 1 is 1.42 bits per heavy atom. The molecule has 0 saturated heterocycles. The standard InChI is InChI=1S/C10H8N2/c11-7-10(8-12)6-9-4-2-1-3-5-9/h1-2,4,6H,3,5H2. The van der Waals surface area contributed by atoms with Gasteiger partial charge in [0.15, 0.2) is 0 Å². The van der Waals surface area contributed by atoms with E-state index in [0.717, 1.165) is 18.4 Å². The van der Waals surface area contributed by atoms with E-state index >= 15 is 0 Å². The Labute approximate surface area is 71.7 Å². The van der Waals surface area contributed by atoms with E-state index in [1.165, 1.54) is 0 Å². The van der Waals surface area contributed by atoms with Gasteiger partial charge in [-0.15, -0.1) is 0 Å². The van der Waals surface area contributed by atoms with Crippen LogP contribution in [0.25, 0.3) is 0 Å². The zero-order chi connectivity index (χ0) is 8.81. The highest BCUT2D eigenvalue weighted by atomic mass is 14.3. The third-order valence-electron chi connectivity index (χ3n) is 1.62. The Kier molecular flexibility index (Phi) is 2.87. The van der Waals surface area contributed by atoms with Crippen LogP contribution in [0.1, 0.15) is 12.8 Å². The molecule has 0 saturated carbocycles. The van der Waals surface area contributed by atoms with Crippen molar-refractivity contribution >= 4 is 0 Å². The minimum atomic E-state index is 0.177. The van der Waals surface area contributed by atoms with E-state index in [1.807, 2.05) is 24.3 Å². The van der Waals surface area contributed by atoms with Crippen molar-refractivity contribution in [3.63, 3.8) is 0 Å². The molecule has 0 aromatic heterocycles. The van der Waals surface area contributed by atoms with Crippen LogP contribution < -0.4 is 0 Å². The summed E-state index contributed by atoms with van der Waals surface area (Å²) in [5.41, 5.74) is 1.23. The monoisotopic (exact) mass is 156 g/mol. The Bertz CT molecular complexity index is 316. The van der Waals surface area contributed by atoms with Crippen molar-refractivity contribution in [3.05, 3.63) is 35.5 Å². The average Bonchev–Trinajstić information content (AvgIpc) is 2.16. The molecule has 1 aliphatic rings. The van der Waals surface area contributed by atoms with Crippen LogP contribution in [0.4, 0.5) is 0 Å². The predicted octanol–water partition coefficient (Wildman–Crippen LogP) is 2.24. The van der Waals surface area contributed by atoms with Gasteiger partial charge in [-0.2, -0.15) is 10.5 Å². The van der Waals surface area contributed by atoms with Crippen molar-refractivity contribution in [2.45, 2.75) is 12.8 Å². The van der Waals surface area contributed by atoms with Crippen molar-refractivity contribution in [1.29, 1.82) is 10.5 Å². The third-order valence-corrected chi connectivity index (χ3v) is 1.62. The molecule has 0 amide bonds. The topological polar surface area (TPSA) is 47.6 Å². The molecule has 0 N–H and O–H groups in total. The molecule has 0 aromatic carbocycles. The molecular formula is C10H8N2. The fourth-order valence-electron chi connectivity index (χ4n) is 1.02. The van der Waals surface area contributed by atoms with Crippen molar-refractivity contribution < 1.29 is 0 Å². The van der Waals surface area contributed by atoms with E-state index in [9.17, 15) is 0 Å². The first-order valence-electron chi connectivity index (χ1n) is 3.74. The highest BCUT2D eigenvalue weighted by Crippen LogP contribution is 2.14. The summed E-state index contributed by atoms with van der Waals surface area (Å²) in [6, 6.07) is 3.67. The summed E-state index contributed by atoms with van der Waals surface area (Å²) in [5.74, 6) is 0. The number of nitriles is 2. The van der Waals surface area contributed by atoms with Gasteiger partial charge in [0.2, 0.25) is 0 Å². The molecule has 2 heteroatoms. The van der Waals surface area contributed by atoms with Gasteiger partial charge < -0.3 is 0 Å². The normalized spacial score (nSPS) is 14.0. The summed E-state index contributed by atoms with van der Waals surface area (Å²) in [6.07, 6.45) is 9.50. The number of nitrogens with zero attached hydrogens (tertiary/aromatic N) is 2. The largest absolute Gasteiger partial charge is 0.192 e. The molecular weight excluding hydrogens is 148 g/mol. The molecule has 2 nitrogen and oxygen atoms in total. The second-order valence-electron chi connectivity index (χ2n) is 2.49. The summed E-state index contributed by atoms with van der Waals surface area (Å²) in [6.45, 7) is 0. The van der Waals surface area contributed by atoms with E-state index < -0.39 is 0 Å². The van der Waals surface area contributed by atoms with Gasteiger partial charge in [-0.25, -0.2) is 0 Å². The van der Waals surface area contributed by atoms with E-state index in [-0.39, 0.29) is 5.57 Å². The quantitative estimate of drug-likeness (QED) is 0.546. The van der Waals surface area contributed by atoms with Crippen LogP contribution >= 0.6 is 0 Å². The smallest absolute Gasteiger partial charge is 0.129 e. The fraction of sp³-hybridized carbons (Fsp3) is 0.200. The lowest BCUT2D eigenvalue weighted by molar-refractivity contribution is 0.989. The first kappa shape index (κ1) is 8.30. The first-order chi connectivity index (χ1) is 5.86. The molecule has 12 heavy (non-hydrogen) atoms. The number of allylic oxidation sites excluding steroid dienone is 6. The molecule has 0 spiro atoms. The maximum Gasteiger partial charge on any atom is 0.129 e. The third kappa shape index (κ3) is 2.11. The fourth-order valence-corrected chi connectivity index (χ4v) is 1.02. The van der Waals surface area contributed by atoms with Crippen molar-refractivity contribution in [2.75, 3.05) is 0 Å². The van der Waals surface area contributed by atoms with Crippen molar-refractivity contribution in [2.24, 2.45) is 0 Å². The molecule has 0 aliphatic heterocycles. The first-order valence-corrected chi connectivity index (χ1v) is 3.74. The van der Waals surface area contributed by atoms with Gasteiger partial charge in [-0.3, -0.25) is 0 Å². The Hall–Kier alpha value is -1.80. The molecule has 0 bridgehead atoms. The summed E-state index contributed by atoms with van der Waals surface area (Å²) in [5, 5.41) is 16.9. The maximum atomic E-state index is 8.47. The van der Waals surface area contributed by atoms with Crippen LogP contribution in [0.3, 0.4) is 0 Å². The Morgan fingerprint density at radius 2 is 2.17 bits per heavy atom. The van der Waals surface area contributed by atoms with Gasteiger partial charge in [-0.1, -0.05) is 18.2 Å². The number of rotatable bonds is 1. The lowest BCUT2D eigenvalue weighted by Gasteiger charge is -2.01. The van der Waals surface area contributed by atoms with Gasteiger partial charge in [0.05, 0.1) is 0 Å². The summed E-state index contributed by atoms with van der Waals surface area (Å²) in [7, 11) is 0. The molecule has 0 atom stereocenters. The maximum absolute atomic E-state index is 8.47. The molecule has 1 rings (SSSR count). The minimum Gasteiger partial charge on any atom is -0.192 e. The molecule has 58 valence electrons. The minimum absolute atomic E-state index is 0.177. The van der Waals surface area contributed by atoms with Gasteiger partial charge in [0.1, 0.15) is 17.7 Å². The molecule has 1 aliphatic carbocycles. The molecule has 0 unspecified atom stereocenters. The molecule has 0 fully saturated rings. The lowest BCUT2D eigenvalue weighted by Crippen LogP contribution is -1.84. The Morgan fingerprint density at radius 3 is 2.67 bits per heavy atom. The van der Waals surface area contributed by atoms with Gasteiger partial charge in [0, 0.05) is 0 Å². The summed E-state index contributed by atoms with van der Waals surface area (Å²) >= 11 is 0. The average molecular weight is 156 g/mol. The summed E-state index contributed by atoms with van der Waals surface area (Å²) < 4.78 is 0. The van der Waals surface area contributed by atoms with Gasteiger partial charge >= 0.3 is 0 Å². The van der Waals surface area contributed by atoms with Crippen LogP contribution in [0, 0.1) is 22.7 Å². The zero-order valence-electron chi connectivity index (χ0n) is 6.62. The SMILES string of the molecule is N#CC(C#N)=CC1=CC=CCC1. The van der Waals surface area contributed by atoms with E-state index in [4.69, 9.17) is 10.5 Å². The van der Waals surface area contributed by atoms with Gasteiger partial charge in [-0.05, 0) is 24.5 Å². The lowest BCUT2D eigenvalue weighted by atomic mass is 10.0. The van der Waals surface area contributed by atoms with E-state index in [1.54, 1.807) is 6.08 Å². The van der Waals surface area contributed by atoms with Crippen LogP contribution in [-0.4, -0.2) is 0 Å². The van der Waals surface area contributed by atoms with Crippen LogP contribution in [0.5, 0.6) is 0 Å². The molecule has 0 heterocycles. The second kappa shape index (κ2) is 4.16. The Balaban J connectivity index is 2.80. The van der Waals surface area contributed by atoms with Crippen molar-refractivity contribution in [3.8, 4) is 12.1 Å². The van der Waals surface area contributed by atoms with E-state index in [2.05, 4.69) is 6.08 Å². The van der Waals surface area contributed by atoms with Crippen LogP contribution in [0.15, 0.2) is 35.5 Å². The second-order valence-corrected chi connectivity index (χ2v) is 2.49. The number of hydrogen-bond acceptors (Lipinski definition) is 2. The van der Waals surface area contributed by atoms with E-state index in [0.29, 0.717) is 0 Å². The van der Waals surface area contributed by atoms with Crippen LogP contribution in [0.2, 0.25) is 0 Å². The predicted molar refractivity (Wildman–Crippen MR) is 45.8 cm³/mol. The summed E-state index contributed by atoms with van der Waals surface area (Å²) in [4.78, 5) is 0.